The molecule has 0 aliphatic carbocycles. The molecular formula is C9H14O5. The number of ether oxygens (including phenoxy) is 4. The molecule has 2 heterocycles. The fraction of sp³-hybridized carbons (Fsp3) is 0.778. The van der Waals surface area contributed by atoms with Crippen LogP contribution in [0.3, 0.4) is 0 Å². The number of aliphatic hydroxyl groups is 1. The Hall–Kier alpha value is -0.780. The zero-order valence-electron chi connectivity index (χ0n) is 7.85. The molecular weight excluding hydrogens is 188 g/mol. The van der Waals surface area contributed by atoms with E-state index in [0.29, 0.717) is 19.0 Å². The van der Waals surface area contributed by atoms with E-state index in [-0.39, 0.29) is 18.8 Å². The summed E-state index contributed by atoms with van der Waals surface area (Å²) in [6.45, 7) is 2.36. The molecule has 1 N–H and O–H groups in total. The number of hydrogen-bond acceptors (Lipinski definition) is 5. The maximum Gasteiger partial charge on any atom is 0.156 e. The van der Waals surface area contributed by atoms with E-state index in [4.69, 9.17) is 24.1 Å². The van der Waals surface area contributed by atoms with Crippen LogP contribution >= 0.6 is 0 Å². The van der Waals surface area contributed by atoms with Gasteiger partial charge in [0.15, 0.2) is 5.76 Å². The molecule has 0 saturated carbocycles. The van der Waals surface area contributed by atoms with Crippen molar-refractivity contribution in [2.24, 2.45) is 0 Å². The SMILES string of the molecule is OCC(=COCC1CO1)OCC1CO1. The van der Waals surface area contributed by atoms with E-state index in [9.17, 15) is 0 Å². The fourth-order valence-electron chi connectivity index (χ4n) is 0.894. The van der Waals surface area contributed by atoms with Gasteiger partial charge in [-0.05, 0) is 0 Å². The molecule has 0 radical (unpaired) electrons. The Morgan fingerprint density at radius 2 is 1.93 bits per heavy atom. The van der Waals surface area contributed by atoms with Gasteiger partial charge in [-0.15, -0.1) is 0 Å². The van der Waals surface area contributed by atoms with Gasteiger partial charge in [0.2, 0.25) is 0 Å². The van der Waals surface area contributed by atoms with Crippen LogP contribution in [0.1, 0.15) is 0 Å². The topological polar surface area (TPSA) is 63.8 Å². The molecule has 2 aliphatic heterocycles. The molecule has 0 bridgehead atoms. The van der Waals surface area contributed by atoms with Crippen LogP contribution in [-0.4, -0.2) is 50.3 Å². The van der Waals surface area contributed by atoms with Crippen LogP contribution in [0.2, 0.25) is 0 Å². The summed E-state index contributed by atoms with van der Waals surface area (Å²) in [4.78, 5) is 0. The molecule has 2 unspecified atom stereocenters. The van der Waals surface area contributed by atoms with Crippen LogP contribution in [0, 0.1) is 0 Å². The average Bonchev–Trinajstić information content (AvgIpc) is 3.01. The van der Waals surface area contributed by atoms with E-state index < -0.39 is 0 Å². The predicted octanol–water partition coefficient (Wildman–Crippen LogP) is -0.349. The predicted molar refractivity (Wildman–Crippen MR) is 46.6 cm³/mol. The lowest BCUT2D eigenvalue weighted by atomic mass is 10.5. The summed E-state index contributed by atoms with van der Waals surface area (Å²) in [6, 6.07) is 0. The lowest BCUT2D eigenvalue weighted by Crippen LogP contribution is -2.06. The number of hydrogen-bond donors (Lipinski definition) is 1. The van der Waals surface area contributed by atoms with Gasteiger partial charge < -0.3 is 24.1 Å². The van der Waals surface area contributed by atoms with Crippen LogP contribution in [-0.2, 0) is 18.9 Å². The second-order valence-corrected chi connectivity index (χ2v) is 3.30. The Morgan fingerprint density at radius 3 is 2.50 bits per heavy atom. The Kier molecular flexibility index (Phi) is 3.23. The molecule has 0 amide bonds. The van der Waals surface area contributed by atoms with E-state index in [1.165, 1.54) is 6.26 Å². The van der Waals surface area contributed by atoms with Gasteiger partial charge in [0.25, 0.3) is 0 Å². The first-order chi connectivity index (χ1) is 6.88. The van der Waals surface area contributed by atoms with Gasteiger partial charge >= 0.3 is 0 Å². The zero-order valence-corrected chi connectivity index (χ0v) is 7.85. The Bertz CT molecular complexity index is 207. The van der Waals surface area contributed by atoms with E-state index >= 15 is 0 Å². The summed E-state index contributed by atoms with van der Waals surface area (Å²) < 4.78 is 20.3. The number of rotatable bonds is 7. The monoisotopic (exact) mass is 202 g/mol. The van der Waals surface area contributed by atoms with Crippen molar-refractivity contribution in [3.63, 3.8) is 0 Å². The molecule has 2 fully saturated rings. The third-order valence-electron chi connectivity index (χ3n) is 1.91. The molecule has 5 nitrogen and oxygen atoms in total. The van der Waals surface area contributed by atoms with Crippen LogP contribution in [0.15, 0.2) is 12.0 Å². The molecule has 0 aromatic heterocycles. The van der Waals surface area contributed by atoms with E-state index in [1.807, 2.05) is 0 Å². The number of epoxide rings is 2. The smallest absolute Gasteiger partial charge is 0.156 e. The lowest BCUT2D eigenvalue weighted by molar-refractivity contribution is 0.122. The van der Waals surface area contributed by atoms with Crippen molar-refractivity contribution >= 4 is 0 Å². The lowest BCUT2D eigenvalue weighted by Gasteiger charge is -2.06. The van der Waals surface area contributed by atoms with Crippen LogP contribution in [0.25, 0.3) is 0 Å². The van der Waals surface area contributed by atoms with Gasteiger partial charge in [-0.1, -0.05) is 0 Å². The number of aliphatic hydroxyl groups excluding tert-OH is 1. The van der Waals surface area contributed by atoms with Crippen molar-refractivity contribution in [2.45, 2.75) is 12.2 Å². The minimum atomic E-state index is -0.155. The molecule has 2 saturated heterocycles. The second kappa shape index (κ2) is 4.63. The Balaban J connectivity index is 1.60. The highest BCUT2D eigenvalue weighted by Crippen LogP contribution is 2.12. The van der Waals surface area contributed by atoms with Gasteiger partial charge in [0.1, 0.15) is 38.3 Å². The molecule has 0 spiro atoms. The molecule has 0 aromatic carbocycles. The summed E-state index contributed by atoms with van der Waals surface area (Å²) >= 11 is 0. The molecule has 80 valence electrons. The summed E-state index contributed by atoms with van der Waals surface area (Å²) in [6.07, 6.45) is 1.85. The van der Waals surface area contributed by atoms with E-state index in [1.54, 1.807) is 0 Å². The molecule has 2 aliphatic rings. The molecule has 2 atom stereocenters. The van der Waals surface area contributed by atoms with Gasteiger partial charge in [-0.25, -0.2) is 0 Å². The fourth-order valence-corrected chi connectivity index (χ4v) is 0.894. The van der Waals surface area contributed by atoms with E-state index in [2.05, 4.69) is 0 Å². The first-order valence-corrected chi connectivity index (χ1v) is 4.66. The maximum atomic E-state index is 8.89. The van der Waals surface area contributed by atoms with Crippen LogP contribution in [0.4, 0.5) is 0 Å². The highest BCUT2D eigenvalue weighted by Gasteiger charge is 2.24. The van der Waals surface area contributed by atoms with Crippen molar-refractivity contribution in [2.75, 3.05) is 33.0 Å². The van der Waals surface area contributed by atoms with Crippen molar-refractivity contribution < 1.29 is 24.1 Å². The Labute approximate surface area is 82.2 Å². The second-order valence-electron chi connectivity index (χ2n) is 3.30. The summed E-state index contributed by atoms with van der Waals surface area (Å²) in [5.74, 6) is 0.432. The third kappa shape index (κ3) is 3.53. The quantitative estimate of drug-likeness (QED) is 0.451. The van der Waals surface area contributed by atoms with Crippen LogP contribution < -0.4 is 0 Å². The normalized spacial score (nSPS) is 29.9. The van der Waals surface area contributed by atoms with Gasteiger partial charge in [0, 0.05) is 0 Å². The van der Waals surface area contributed by atoms with Crippen molar-refractivity contribution in [3.05, 3.63) is 12.0 Å². The van der Waals surface area contributed by atoms with Gasteiger partial charge in [-0.3, -0.25) is 0 Å². The van der Waals surface area contributed by atoms with Crippen molar-refractivity contribution in [3.8, 4) is 0 Å². The van der Waals surface area contributed by atoms with Gasteiger partial charge in [-0.2, -0.15) is 0 Å². The highest BCUT2D eigenvalue weighted by atomic mass is 16.6. The average molecular weight is 202 g/mol. The first kappa shape index (κ1) is 9.76. The minimum Gasteiger partial charge on any atom is -0.495 e. The van der Waals surface area contributed by atoms with Crippen molar-refractivity contribution in [1.82, 2.24) is 0 Å². The first-order valence-electron chi connectivity index (χ1n) is 4.66. The molecule has 5 heteroatoms. The van der Waals surface area contributed by atoms with Crippen molar-refractivity contribution in [1.29, 1.82) is 0 Å². The maximum absolute atomic E-state index is 8.89. The largest absolute Gasteiger partial charge is 0.495 e. The Morgan fingerprint density at radius 1 is 1.29 bits per heavy atom. The molecule has 0 aromatic rings. The summed E-state index contributed by atoms with van der Waals surface area (Å²) in [5.41, 5.74) is 0. The zero-order chi connectivity index (χ0) is 9.80. The highest BCUT2D eigenvalue weighted by molar-refractivity contribution is 4.88. The van der Waals surface area contributed by atoms with Gasteiger partial charge in [0.05, 0.1) is 13.2 Å². The molecule has 14 heavy (non-hydrogen) atoms. The third-order valence-corrected chi connectivity index (χ3v) is 1.91. The standard InChI is InChI=1S/C9H14O5/c10-1-7(12-5-9-6-14-9)2-11-3-8-4-13-8/h2,8-10H,1,3-6H2. The molecule has 2 rings (SSSR count). The van der Waals surface area contributed by atoms with E-state index in [0.717, 1.165) is 13.2 Å². The summed E-state index contributed by atoms with van der Waals surface area (Å²) in [5, 5.41) is 8.89. The van der Waals surface area contributed by atoms with Crippen LogP contribution in [0.5, 0.6) is 0 Å². The minimum absolute atomic E-state index is 0.155. The summed E-state index contributed by atoms with van der Waals surface area (Å²) in [7, 11) is 0.